The lowest BCUT2D eigenvalue weighted by molar-refractivity contribution is 0.524. The molecule has 2 unspecified atom stereocenters. The summed E-state index contributed by atoms with van der Waals surface area (Å²) in [4.78, 5) is 1.44. The van der Waals surface area contributed by atoms with Crippen molar-refractivity contribution in [1.29, 1.82) is 0 Å². The van der Waals surface area contributed by atoms with E-state index in [0.29, 0.717) is 5.92 Å². The van der Waals surface area contributed by atoms with Gasteiger partial charge in [0.25, 0.3) is 0 Å². The number of hydrogen-bond donors (Lipinski definition) is 1. The van der Waals surface area contributed by atoms with E-state index in [2.05, 4.69) is 62.1 Å². The maximum atomic E-state index is 3.66. The molecule has 106 valence electrons. The Morgan fingerprint density at radius 2 is 1.95 bits per heavy atom. The third-order valence-electron chi connectivity index (χ3n) is 3.92. The molecule has 0 heterocycles. The lowest BCUT2D eigenvalue weighted by Crippen LogP contribution is -2.27. The predicted molar refractivity (Wildman–Crippen MR) is 86.1 cm³/mol. The van der Waals surface area contributed by atoms with Crippen molar-refractivity contribution in [2.45, 2.75) is 68.6 Å². The van der Waals surface area contributed by atoms with E-state index < -0.39 is 0 Å². The molecule has 0 spiro atoms. The van der Waals surface area contributed by atoms with Crippen LogP contribution >= 0.6 is 11.8 Å². The first-order valence-electron chi connectivity index (χ1n) is 7.69. The second kappa shape index (κ2) is 7.35. The van der Waals surface area contributed by atoms with E-state index in [-0.39, 0.29) is 0 Å². The number of benzene rings is 1. The van der Waals surface area contributed by atoms with Gasteiger partial charge in [0.05, 0.1) is 0 Å². The summed E-state index contributed by atoms with van der Waals surface area (Å²) < 4.78 is 0. The van der Waals surface area contributed by atoms with Gasteiger partial charge in [-0.25, -0.2) is 0 Å². The SMILES string of the molecule is CCCNC1CCC(Sc2ccc(C(C)C)cc2)C1. The van der Waals surface area contributed by atoms with E-state index in [4.69, 9.17) is 0 Å². The monoisotopic (exact) mass is 277 g/mol. The molecule has 0 saturated heterocycles. The Bertz CT molecular complexity index is 371. The number of nitrogens with one attached hydrogen (secondary N) is 1. The highest BCUT2D eigenvalue weighted by molar-refractivity contribution is 8.00. The van der Waals surface area contributed by atoms with E-state index in [1.807, 2.05) is 0 Å². The molecule has 0 aromatic heterocycles. The molecule has 1 aliphatic carbocycles. The Balaban J connectivity index is 1.82. The molecule has 1 saturated carbocycles. The Morgan fingerprint density at radius 1 is 1.21 bits per heavy atom. The van der Waals surface area contributed by atoms with Crippen molar-refractivity contribution in [2.75, 3.05) is 6.54 Å². The zero-order valence-corrected chi connectivity index (χ0v) is 13.3. The highest BCUT2D eigenvalue weighted by Crippen LogP contribution is 2.35. The summed E-state index contributed by atoms with van der Waals surface area (Å²) in [6.45, 7) is 7.92. The fraction of sp³-hybridized carbons (Fsp3) is 0.647. The summed E-state index contributed by atoms with van der Waals surface area (Å²) in [5.74, 6) is 0.633. The molecule has 0 aliphatic heterocycles. The molecule has 1 N–H and O–H groups in total. The van der Waals surface area contributed by atoms with Crippen LogP contribution in [0.25, 0.3) is 0 Å². The summed E-state index contributed by atoms with van der Waals surface area (Å²) in [5.41, 5.74) is 1.44. The van der Waals surface area contributed by atoms with E-state index in [1.165, 1.54) is 42.7 Å². The second-order valence-electron chi connectivity index (χ2n) is 5.93. The molecule has 1 nitrogen and oxygen atoms in total. The van der Waals surface area contributed by atoms with Crippen molar-refractivity contribution in [2.24, 2.45) is 0 Å². The number of rotatable bonds is 6. The fourth-order valence-electron chi connectivity index (χ4n) is 2.70. The standard InChI is InChI=1S/C17H27NS/c1-4-11-18-15-7-10-17(12-15)19-16-8-5-14(6-9-16)13(2)3/h5-6,8-9,13,15,17-18H,4,7,10-12H2,1-3H3. The Kier molecular flexibility index (Phi) is 5.77. The van der Waals surface area contributed by atoms with Gasteiger partial charge in [0.15, 0.2) is 0 Å². The lowest BCUT2D eigenvalue weighted by Gasteiger charge is -2.13. The summed E-state index contributed by atoms with van der Waals surface area (Å²) >= 11 is 2.07. The van der Waals surface area contributed by atoms with Gasteiger partial charge in [0.1, 0.15) is 0 Å². The molecule has 2 atom stereocenters. The maximum Gasteiger partial charge on any atom is 0.0110 e. The van der Waals surface area contributed by atoms with Crippen LogP contribution in [-0.2, 0) is 0 Å². The van der Waals surface area contributed by atoms with E-state index >= 15 is 0 Å². The maximum absolute atomic E-state index is 3.66. The first-order chi connectivity index (χ1) is 9.19. The van der Waals surface area contributed by atoms with Crippen LogP contribution in [0.3, 0.4) is 0 Å². The average Bonchev–Trinajstić information content (AvgIpc) is 2.84. The summed E-state index contributed by atoms with van der Waals surface area (Å²) in [6.07, 6.45) is 5.28. The molecule has 1 fully saturated rings. The van der Waals surface area contributed by atoms with Crippen molar-refractivity contribution in [3.05, 3.63) is 29.8 Å². The Hall–Kier alpha value is -0.470. The first-order valence-corrected chi connectivity index (χ1v) is 8.57. The zero-order valence-electron chi connectivity index (χ0n) is 12.5. The van der Waals surface area contributed by atoms with Crippen LogP contribution in [0.1, 0.15) is 57.9 Å². The third-order valence-corrected chi connectivity index (χ3v) is 5.22. The van der Waals surface area contributed by atoms with Crippen LogP contribution in [0.2, 0.25) is 0 Å². The lowest BCUT2D eigenvalue weighted by atomic mass is 10.0. The van der Waals surface area contributed by atoms with Gasteiger partial charge < -0.3 is 5.32 Å². The largest absolute Gasteiger partial charge is 0.314 e. The second-order valence-corrected chi connectivity index (χ2v) is 7.30. The van der Waals surface area contributed by atoms with Crippen LogP contribution < -0.4 is 5.32 Å². The topological polar surface area (TPSA) is 12.0 Å². The molecule has 1 aliphatic rings. The minimum atomic E-state index is 0.633. The minimum absolute atomic E-state index is 0.633. The third kappa shape index (κ3) is 4.54. The average molecular weight is 277 g/mol. The van der Waals surface area contributed by atoms with Gasteiger partial charge in [0.2, 0.25) is 0 Å². The molecule has 0 amide bonds. The number of hydrogen-bond acceptors (Lipinski definition) is 2. The highest BCUT2D eigenvalue weighted by Gasteiger charge is 2.24. The normalized spacial score (nSPS) is 23.2. The van der Waals surface area contributed by atoms with Gasteiger partial charge in [-0.1, -0.05) is 32.9 Å². The van der Waals surface area contributed by atoms with Gasteiger partial charge in [-0.3, -0.25) is 0 Å². The van der Waals surface area contributed by atoms with Crippen molar-refractivity contribution < 1.29 is 0 Å². The van der Waals surface area contributed by atoms with Crippen LogP contribution in [0.15, 0.2) is 29.2 Å². The molecule has 0 bridgehead atoms. The van der Waals surface area contributed by atoms with Crippen molar-refractivity contribution in [3.63, 3.8) is 0 Å². The van der Waals surface area contributed by atoms with Crippen molar-refractivity contribution in [1.82, 2.24) is 5.32 Å². The minimum Gasteiger partial charge on any atom is -0.314 e. The van der Waals surface area contributed by atoms with Gasteiger partial charge in [0, 0.05) is 16.2 Å². The van der Waals surface area contributed by atoms with E-state index in [1.54, 1.807) is 0 Å². The van der Waals surface area contributed by atoms with Crippen LogP contribution in [0.4, 0.5) is 0 Å². The zero-order chi connectivity index (χ0) is 13.7. The van der Waals surface area contributed by atoms with E-state index in [0.717, 1.165) is 11.3 Å². The Labute approximate surface area is 122 Å². The summed E-state index contributed by atoms with van der Waals surface area (Å²) in [7, 11) is 0. The first kappa shape index (κ1) is 14.9. The summed E-state index contributed by atoms with van der Waals surface area (Å²) in [6, 6.07) is 9.93. The van der Waals surface area contributed by atoms with Gasteiger partial charge in [-0.2, -0.15) is 0 Å². The van der Waals surface area contributed by atoms with Crippen molar-refractivity contribution >= 4 is 11.8 Å². The molecular weight excluding hydrogens is 250 g/mol. The van der Waals surface area contributed by atoms with Crippen LogP contribution in [0, 0.1) is 0 Å². The molecule has 2 heteroatoms. The van der Waals surface area contributed by atoms with Gasteiger partial charge in [-0.15, -0.1) is 11.8 Å². The van der Waals surface area contributed by atoms with Gasteiger partial charge >= 0.3 is 0 Å². The molecule has 19 heavy (non-hydrogen) atoms. The summed E-state index contributed by atoms with van der Waals surface area (Å²) in [5, 5.41) is 4.46. The molecule has 0 radical (unpaired) electrons. The quantitative estimate of drug-likeness (QED) is 0.800. The molecule has 2 rings (SSSR count). The molecule has 1 aromatic rings. The molecular formula is C17H27NS. The smallest absolute Gasteiger partial charge is 0.0110 e. The van der Waals surface area contributed by atoms with Crippen LogP contribution in [0.5, 0.6) is 0 Å². The predicted octanol–water partition coefficient (Wildman–Crippen LogP) is 4.82. The van der Waals surface area contributed by atoms with Crippen molar-refractivity contribution in [3.8, 4) is 0 Å². The number of thioether (sulfide) groups is 1. The highest BCUT2D eigenvalue weighted by atomic mass is 32.2. The molecule has 1 aromatic carbocycles. The van der Waals surface area contributed by atoms with Gasteiger partial charge in [-0.05, 0) is 55.8 Å². The van der Waals surface area contributed by atoms with E-state index in [9.17, 15) is 0 Å². The fourth-order valence-corrected chi connectivity index (χ4v) is 3.97. The Morgan fingerprint density at radius 3 is 2.58 bits per heavy atom. The van der Waals surface area contributed by atoms with Crippen LogP contribution in [-0.4, -0.2) is 17.8 Å².